The molecule has 7 heteroatoms. The Morgan fingerprint density at radius 2 is 1.70 bits per heavy atom. The van der Waals surface area contributed by atoms with Gasteiger partial charge in [0, 0.05) is 31.8 Å². The van der Waals surface area contributed by atoms with Crippen LogP contribution in [0.5, 0.6) is 0 Å². The van der Waals surface area contributed by atoms with Crippen molar-refractivity contribution in [2.45, 2.75) is 44.7 Å². The summed E-state index contributed by atoms with van der Waals surface area (Å²) in [5, 5.41) is 11.8. The van der Waals surface area contributed by atoms with E-state index in [0.29, 0.717) is 44.5 Å². The molecule has 1 saturated carbocycles. The Labute approximate surface area is 115 Å². The minimum absolute atomic E-state index is 0.0392. The zero-order valence-corrected chi connectivity index (χ0v) is 11.2. The first-order valence-corrected chi connectivity index (χ1v) is 6.97. The van der Waals surface area contributed by atoms with Crippen LogP contribution < -0.4 is 0 Å². The molecule has 4 nitrogen and oxygen atoms in total. The van der Waals surface area contributed by atoms with E-state index < -0.39 is 12.1 Å². The smallest absolute Gasteiger partial charge is 0.391 e. The SMILES string of the molecule is O=C(C1CCC(C(F)(F)F)CC1)N1CCC(=NO)CC1. The summed E-state index contributed by atoms with van der Waals surface area (Å²) in [5.74, 6) is -1.56. The lowest BCUT2D eigenvalue weighted by Crippen LogP contribution is -2.43. The van der Waals surface area contributed by atoms with Gasteiger partial charge in [-0.2, -0.15) is 13.2 Å². The lowest BCUT2D eigenvalue weighted by Gasteiger charge is -2.34. The number of piperidine rings is 1. The van der Waals surface area contributed by atoms with Crippen LogP contribution in [0.4, 0.5) is 13.2 Å². The summed E-state index contributed by atoms with van der Waals surface area (Å²) in [6.07, 6.45) is -2.30. The van der Waals surface area contributed by atoms with E-state index in [9.17, 15) is 18.0 Å². The van der Waals surface area contributed by atoms with Crippen LogP contribution >= 0.6 is 0 Å². The molecule has 2 fully saturated rings. The van der Waals surface area contributed by atoms with E-state index in [-0.39, 0.29) is 24.7 Å². The van der Waals surface area contributed by atoms with Crippen molar-refractivity contribution >= 4 is 11.6 Å². The number of oxime groups is 1. The molecule has 1 N–H and O–H groups in total. The molecule has 0 bridgehead atoms. The Morgan fingerprint density at radius 1 is 1.15 bits per heavy atom. The van der Waals surface area contributed by atoms with E-state index in [4.69, 9.17) is 5.21 Å². The highest BCUT2D eigenvalue weighted by atomic mass is 19.4. The van der Waals surface area contributed by atoms with Gasteiger partial charge >= 0.3 is 6.18 Å². The number of rotatable bonds is 1. The molecule has 1 aliphatic carbocycles. The molecule has 2 aliphatic rings. The zero-order chi connectivity index (χ0) is 14.8. The van der Waals surface area contributed by atoms with E-state index in [2.05, 4.69) is 5.16 Å². The molecule has 0 radical (unpaired) electrons. The number of carbonyl (C=O) groups excluding carboxylic acids is 1. The predicted octanol–water partition coefficient (Wildman–Crippen LogP) is 2.81. The Morgan fingerprint density at radius 3 is 2.15 bits per heavy atom. The largest absolute Gasteiger partial charge is 0.411 e. The van der Waals surface area contributed by atoms with Crippen molar-refractivity contribution in [2.75, 3.05) is 13.1 Å². The Kier molecular flexibility index (Phi) is 4.55. The van der Waals surface area contributed by atoms with Gasteiger partial charge in [0.25, 0.3) is 0 Å². The Balaban J connectivity index is 1.83. The third-order valence-corrected chi connectivity index (χ3v) is 4.33. The monoisotopic (exact) mass is 292 g/mol. The van der Waals surface area contributed by atoms with Crippen LogP contribution in [0.1, 0.15) is 38.5 Å². The van der Waals surface area contributed by atoms with Gasteiger partial charge in [0.15, 0.2) is 0 Å². The van der Waals surface area contributed by atoms with Gasteiger partial charge in [-0.05, 0) is 25.7 Å². The highest BCUT2D eigenvalue weighted by molar-refractivity contribution is 5.87. The van der Waals surface area contributed by atoms with Gasteiger partial charge in [0.05, 0.1) is 11.6 Å². The number of amides is 1. The van der Waals surface area contributed by atoms with Crippen molar-refractivity contribution < 1.29 is 23.2 Å². The molecule has 20 heavy (non-hydrogen) atoms. The van der Waals surface area contributed by atoms with Gasteiger partial charge in [-0.3, -0.25) is 4.79 Å². The highest BCUT2D eigenvalue weighted by Gasteiger charge is 2.43. The van der Waals surface area contributed by atoms with Gasteiger partial charge in [-0.25, -0.2) is 0 Å². The van der Waals surface area contributed by atoms with Crippen molar-refractivity contribution in [2.24, 2.45) is 17.0 Å². The van der Waals surface area contributed by atoms with Gasteiger partial charge in [0.2, 0.25) is 5.91 Å². The molecule has 1 saturated heterocycles. The van der Waals surface area contributed by atoms with Crippen LogP contribution in [0.2, 0.25) is 0 Å². The van der Waals surface area contributed by atoms with Crippen LogP contribution in [0.15, 0.2) is 5.16 Å². The van der Waals surface area contributed by atoms with Crippen molar-refractivity contribution in [3.8, 4) is 0 Å². The summed E-state index contributed by atoms with van der Waals surface area (Å²) in [7, 11) is 0. The van der Waals surface area contributed by atoms with E-state index in [1.165, 1.54) is 0 Å². The average Bonchev–Trinajstić information content (AvgIpc) is 2.46. The molecule has 0 spiro atoms. The summed E-state index contributed by atoms with van der Waals surface area (Å²) < 4.78 is 37.7. The molecule has 0 unspecified atom stereocenters. The zero-order valence-electron chi connectivity index (χ0n) is 11.2. The fourth-order valence-electron chi connectivity index (χ4n) is 3.01. The topological polar surface area (TPSA) is 52.9 Å². The Hall–Kier alpha value is -1.27. The lowest BCUT2D eigenvalue weighted by atomic mass is 9.81. The summed E-state index contributed by atoms with van der Waals surface area (Å²) in [5.41, 5.74) is 0.676. The first-order valence-electron chi connectivity index (χ1n) is 6.97. The standard InChI is InChI=1S/C13H19F3N2O2/c14-13(15,16)10-3-1-9(2-4-10)12(19)18-7-5-11(17-20)6-8-18/h9-10,20H,1-8H2. The summed E-state index contributed by atoms with van der Waals surface area (Å²) in [4.78, 5) is 13.9. The molecule has 0 aromatic rings. The molecule has 0 aromatic carbocycles. The maximum absolute atomic E-state index is 12.6. The molecular formula is C13H19F3N2O2. The summed E-state index contributed by atoms with van der Waals surface area (Å²) >= 11 is 0. The third kappa shape index (κ3) is 3.43. The van der Waals surface area contributed by atoms with Crippen LogP contribution in [0, 0.1) is 11.8 Å². The van der Waals surface area contributed by atoms with Crippen molar-refractivity contribution in [1.82, 2.24) is 4.90 Å². The maximum Gasteiger partial charge on any atom is 0.391 e. The normalized spacial score (nSPS) is 28.4. The fraction of sp³-hybridized carbons (Fsp3) is 0.846. The van der Waals surface area contributed by atoms with E-state index in [1.807, 2.05) is 0 Å². The van der Waals surface area contributed by atoms with Gasteiger partial charge in [-0.15, -0.1) is 0 Å². The third-order valence-electron chi connectivity index (χ3n) is 4.33. The van der Waals surface area contributed by atoms with Crippen LogP contribution in [-0.4, -0.2) is 41.0 Å². The van der Waals surface area contributed by atoms with E-state index in [0.717, 1.165) is 0 Å². The molecule has 114 valence electrons. The number of hydrogen-bond donors (Lipinski definition) is 1. The molecular weight excluding hydrogens is 273 g/mol. The Bertz CT molecular complexity index is 378. The number of hydrogen-bond acceptors (Lipinski definition) is 3. The molecule has 1 amide bonds. The van der Waals surface area contributed by atoms with Crippen LogP contribution in [0.25, 0.3) is 0 Å². The highest BCUT2D eigenvalue weighted by Crippen LogP contribution is 2.40. The number of alkyl halides is 3. The first-order chi connectivity index (χ1) is 9.41. The molecule has 0 atom stereocenters. The second kappa shape index (κ2) is 6.01. The van der Waals surface area contributed by atoms with Crippen LogP contribution in [0.3, 0.4) is 0 Å². The van der Waals surface area contributed by atoms with Crippen molar-refractivity contribution in [1.29, 1.82) is 0 Å². The lowest BCUT2D eigenvalue weighted by molar-refractivity contribution is -0.185. The molecule has 2 rings (SSSR count). The molecule has 0 aromatic heterocycles. The predicted molar refractivity (Wildman–Crippen MR) is 66.5 cm³/mol. The van der Waals surface area contributed by atoms with E-state index in [1.54, 1.807) is 4.90 Å². The quantitative estimate of drug-likeness (QED) is 0.597. The summed E-state index contributed by atoms with van der Waals surface area (Å²) in [6, 6.07) is 0. The van der Waals surface area contributed by atoms with Crippen LogP contribution in [-0.2, 0) is 4.79 Å². The first kappa shape index (κ1) is 15.1. The second-order valence-corrected chi connectivity index (χ2v) is 5.58. The maximum atomic E-state index is 12.6. The van der Waals surface area contributed by atoms with E-state index >= 15 is 0 Å². The van der Waals surface area contributed by atoms with Crippen molar-refractivity contribution in [3.05, 3.63) is 0 Å². The fourth-order valence-corrected chi connectivity index (χ4v) is 3.01. The average molecular weight is 292 g/mol. The minimum Gasteiger partial charge on any atom is -0.411 e. The number of nitrogens with zero attached hydrogens (tertiary/aromatic N) is 2. The van der Waals surface area contributed by atoms with Crippen molar-refractivity contribution in [3.63, 3.8) is 0 Å². The number of likely N-dealkylation sites (tertiary alicyclic amines) is 1. The van der Waals surface area contributed by atoms with Gasteiger partial charge in [-0.1, -0.05) is 5.16 Å². The van der Waals surface area contributed by atoms with Gasteiger partial charge in [0.1, 0.15) is 0 Å². The molecule has 1 aliphatic heterocycles. The molecule has 1 heterocycles. The minimum atomic E-state index is -4.13. The second-order valence-electron chi connectivity index (χ2n) is 5.58. The summed E-state index contributed by atoms with van der Waals surface area (Å²) in [6.45, 7) is 0.995. The number of halogens is 3. The number of carbonyl (C=O) groups is 1. The van der Waals surface area contributed by atoms with Gasteiger partial charge < -0.3 is 10.1 Å².